The average Bonchev–Trinajstić information content (AvgIpc) is 2.86. The van der Waals surface area contributed by atoms with Gasteiger partial charge in [-0.05, 0) is 19.1 Å². The number of sulfonamides is 1. The molecule has 0 spiro atoms. The SMILES string of the molecule is Cc1[nH]ncc1S(=O)(=O)NCCc1cccc(C(=O)O)n1. The van der Waals surface area contributed by atoms with Crippen molar-refractivity contribution < 1.29 is 18.3 Å². The van der Waals surface area contributed by atoms with E-state index in [-0.39, 0.29) is 23.6 Å². The fraction of sp³-hybridized carbons (Fsp3) is 0.250. The monoisotopic (exact) mass is 310 g/mol. The first-order chi connectivity index (χ1) is 9.90. The van der Waals surface area contributed by atoms with Crippen LogP contribution >= 0.6 is 0 Å². The maximum Gasteiger partial charge on any atom is 0.354 e. The van der Waals surface area contributed by atoms with Gasteiger partial charge in [0.25, 0.3) is 0 Å². The van der Waals surface area contributed by atoms with Crippen LogP contribution in [0.15, 0.2) is 29.3 Å². The van der Waals surface area contributed by atoms with Gasteiger partial charge in [0.15, 0.2) is 0 Å². The summed E-state index contributed by atoms with van der Waals surface area (Å²) >= 11 is 0. The molecule has 9 heteroatoms. The Hall–Kier alpha value is -2.26. The van der Waals surface area contributed by atoms with Crippen molar-refractivity contribution in [2.24, 2.45) is 0 Å². The fourth-order valence-electron chi connectivity index (χ4n) is 1.74. The van der Waals surface area contributed by atoms with Crippen molar-refractivity contribution in [1.29, 1.82) is 0 Å². The van der Waals surface area contributed by atoms with Crippen molar-refractivity contribution >= 4 is 16.0 Å². The lowest BCUT2D eigenvalue weighted by Gasteiger charge is -2.06. The Balaban J connectivity index is 2.00. The van der Waals surface area contributed by atoms with Crippen LogP contribution in [0, 0.1) is 6.92 Å². The topological polar surface area (TPSA) is 125 Å². The summed E-state index contributed by atoms with van der Waals surface area (Å²) in [6, 6.07) is 4.59. The first-order valence-electron chi connectivity index (χ1n) is 6.09. The van der Waals surface area contributed by atoms with Crippen LogP contribution in [0.4, 0.5) is 0 Å². The van der Waals surface area contributed by atoms with E-state index in [2.05, 4.69) is 19.9 Å². The summed E-state index contributed by atoms with van der Waals surface area (Å²) in [6.45, 7) is 1.72. The standard InChI is InChI=1S/C12H14N4O4S/c1-8-11(7-13-16-8)21(19,20)14-6-5-9-3-2-4-10(15-9)12(17)18/h2-4,7,14H,5-6H2,1H3,(H,13,16)(H,17,18). The van der Waals surface area contributed by atoms with Crippen LogP contribution in [0.5, 0.6) is 0 Å². The highest BCUT2D eigenvalue weighted by Crippen LogP contribution is 2.10. The fourth-order valence-corrected chi connectivity index (χ4v) is 2.91. The van der Waals surface area contributed by atoms with Crippen LogP contribution in [0.3, 0.4) is 0 Å². The Labute approximate surface area is 121 Å². The average molecular weight is 310 g/mol. The molecule has 0 aromatic carbocycles. The molecule has 2 aromatic heterocycles. The van der Waals surface area contributed by atoms with E-state index in [0.29, 0.717) is 11.4 Å². The molecule has 0 aliphatic rings. The van der Waals surface area contributed by atoms with Crippen molar-refractivity contribution in [2.45, 2.75) is 18.2 Å². The summed E-state index contributed by atoms with van der Waals surface area (Å²) in [5.74, 6) is -1.12. The molecular weight excluding hydrogens is 296 g/mol. The second kappa shape index (κ2) is 6.02. The lowest BCUT2D eigenvalue weighted by Crippen LogP contribution is -2.26. The molecule has 0 saturated carbocycles. The Bertz CT molecular complexity index is 754. The van der Waals surface area contributed by atoms with Gasteiger partial charge in [0.1, 0.15) is 10.6 Å². The second-order valence-corrected chi connectivity index (χ2v) is 6.06. The van der Waals surface area contributed by atoms with E-state index in [0.717, 1.165) is 0 Å². The number of pyridine rings is 1. The molecule has 0 unspecified atom stereocenters. The van der Waals surface area contributed by atoms with Gasteiger partial charge in [-0.15, -0.1) is 0 Å². The van der Waals surface area contributed by atoms with Crippen LogP contribution in [-0.4, -0.2) is 41.2 Å². The molecule has 112 valence electrons. The lowest BCUT2D eigenvalue weighted by atomic mass is 10.2. The number of H-pyrrole nitrogens is 1. The highest BCUT2D eigenvalue weighted by atomic mass is 32.2. The Kier molecular flexibility index (Phi) is 4.34. The van der Waals surface area contributed by atoms with Gasteiger partial charge in [0.05, 0.1) is 11.9 Å². The summed E-state index contributed by atoms with van der Waals surface area (Å²) in [5, 5.41) is 15.1. The number of aromatic nitrogens is 3. The maximum absolute atomic E-state index is 12.0. The largest absolute Gasteiger partial charge is 0.477 e. The summed E-state index contributed by atoms with van der Waals surface area (Å²) in [6.07, 6.45) is 1.53. The summed E-state index contributed by atoms with van der Waals surface area (Å²) in [4.78, 5) is 14.8. The molecule has 0 aliphatic heterocycles. The van der Waals surface area contributed by atoms with Crippen molar-refractivity contribution in [3.8, 4) is 0 Å². The van der Waals surface area contributed by atoms with E-state index < -0.39 is 16.0 Å². The number of carboxylic acids is 1. The number of aromatic amines is 1. The number of rotatable bonds is 6. The van der Waals surface area contributed by atoms with Crippen LogP contribution in [0.25, 0.3) is 0 Å². The molecular formula is C12H14N4O4S. The second-order valence-electron chi connectivity index (χ2n) is 4.33. The molecule has 8 nitrogen and oxygen atoms in total. The Morgan fingerprint density at radius 3 is 2.81 bits per heavy atom. The molecule has 0 fully saturated rings. The molecule has 2 heterocycles. The van der Waals surface area contributed by atoms with Crippen molar-refractivity contribution in [2.75, 3.05) is 6.54 Å². The number of nitrogens with one attached hydrogen (secondary N) is 2. The van der Waals surface area contributed by atoms with Gasteiger partial charge in [-0.2, -0.15) is 5.10 Å². The van der Waals surface area contributed by atoms with E-state index in [1.807, 2.05) is 0 Å². The predicted octanol–water partition coefficient (Wildman–Crippen LogP) is 0.332. The number of aryl methyl sites for hydroxylation is 1. The first kappa shape index (κ1) is 15.1. The number of hydrogen-bond acceptors (Lipinski definition) is 5. The number of carbonyl (C=O) groups is 1. The zero-order valence-corrected chi connectivity index (χ0v) is 12.0. The first-order valence-corrected chi connectivity index (χ1v) is 7.57. The normalized spacial score (nSPS) is 11.5. The van der Waals surface area contributed by atoms with E-state index in [1.54, 1.807) is 19.1 Å². The molecule has 0 bridgehead atoms. The van der Waals surface area contributed by atoms with E-state index in [1.165, 1.54) is 12.3 Å². The van der Waals surface area contributed by atoms with Gasteiger partial charge >= 0.3 is 5.97 Å². The Morgan fingerprint density at radius 2 is 2.19 bits per heavy atom. The summed E-state index contributed by atoms with van der Waals surface area (Å²) < 4.78 is 26.4. The molecule has 0 aliphatic carbocycles. The predicted molar refractivity (Wildman–Crippen MR) is 73.4 cm³/mol. The molecule has 3 N–H and O–H groups in total. The third kappa shape index (κ3) is 3.64. The third-order valence-electron chi connectivity index (χ3n) is 2.77. The van der Waals surface area contributed by atoms with Crippen molar-refractivity contribution in [3.05, 3.63) is 41.5 Å². The van der Waals surface area contributed by atoms with Crippen LogP contribution in [0.2, 0.25) is 0 Å². The van der Waals surface area contributed by atoms with Crippen LogP contribution < -0.4 is 4.72 Å². The molecule has 21 heavy (non-hydrogen) atoms. The van der Waals surface area contributed by atoms with E-state index in [9.17, 15) is 13.2 Å². The minimum absolute atomic E-state index is 0.0685. The molecule has 0 amide bonds. The maximum atomic E-state index is 12.0. The minimum atomic E-state index is -3.63. The van der Waals surface area contributed by atoms with E-state index in [4.69, 9.17) is 5.11 Å². The smallest absolute Gasteiger partial charge is 0.354 e. The zero-order valence-electron chi connectivity index (χ0n) is 11.2. The highest BCUT2D eigenvalue weighted by molar-refractivity contribution is 7.89. The molecule has 0 saturated heterocycles. The van der Waals surface area contributed by atoms with Gasteiger partial charge in [0.2, 0.25) is 10.0 Å². The number of nitrogens with zero attached hydrogens (tertiary/aromatic N) is 2. The minimum Gasteiger partial charge on any atom is -0.477 e. The number of carboxylic acid groups (broad SMARTS) is 1. The van der Waals surface area contributed by atoms with Gasteiger partial charge in [-0.1, -0.05) is 6.07 Å². The van der Waals surface area contributed by atoms with Gasteiger partial charge in [0, 0.05) is 18.7 Å². The number of hydrogen-bond donors (Lipinski definition) is 3. The van der Waals surface area contributed by atoms with Crippen molar-refractivity contribution in [1.82, 2.24) is 19.9 Å². The summed E-state index contributed by atoms with van der Waals surface area (Å²) in [5.41, 5.74) is 0.885. The lowest BCUT2D eigenvalue weighted by molar-refractivity contribution is 0.0690. The third-order valence-corrected chi connectivity index (χ3v) is 4.35. The summed E-state index contributed by atoms with van der Waals surface area (Å²) in [7, 11) is -3.63. The molecule has 0 atom stereocenters. The molecule has 0 radical (unpaired) electrons. The number of aromatic carboxylic acids is 1. The van der Waals surface area contributed by atoms with Crippen LogP contribution in [0.1, 0.15) is 21.9 Å². The molecule has 2 aromatic rings. The van der Waals surface area contributed by atoms with Gasteiger partial charge in [-0.3, -0.25) is 5.10 Å². The van der Waals surface area contributed by atoms with E-state index >= 15 is 0 Å². The molecule has 2 rings (SSSR count). The van der Waals surface area contributed by atoms with Gasteiger partial charge < -0.3 is 5.11 Å². The zero-order chi connectivity index (χ0) is 15.5. The van der Waals surface area contributed by atoms with Crippen LogP contribution in [-0.2, 0) is 16.4 Å². The highest BCUT2D eigenvalue weighted by Gasteiger charge is 2.17. The van der Waals surface area contributed by atoms with Gasteiger partial charge in [-0.25, -0.2) is 22.9 Å². The Morgan fingerprint density at radius 1 is 1.43 bits per heavy atom. The quantitative estimate of drug-likeness (QED) is 0.706. The van der Waals surface area contributed by atoms with Crippen molar-refractivity contribution in [3.63, 3.8) is 0 Å².